The maximum atomic E-state index is 12.6. The summed E-state index contributed by atoms with van der Waals surface area (Å²) >= 11 is 1.45. The molecule has 0 bridgehead atoms. The average Bonchev–Trinajstić information content (AvgIpc) is 3.34. The molecule has 0 aliphatic heterocycles. The summed E-state index contributed by atoms with van der Waals surface area (Å²) in [6, 6.07) is 10.4. The molecule has 27 heavy (non-hydrogen) atoms. The number of nitrogens with zero attached hydrogens (tertiary/aromatic N) is 4. The van der Waals surface area contributed by atoms with Crippen molar-refractivity contribution >= 4 is 17.2 Å². The first kappa shape index (κ1) is 19.3. The van der Waals surface area contributed by atoms with Crippen LogP contribution >= 0.6 is 11.3 Å². The number of nitrogens with one attached hydrogen (secondary N) is 1. The summed E-state index contributed by atoms with van der Waals surface area (Å²) in [7, 11) is 1.86. The molecule has 0 aliphatic carbocycles. The van der Waals surface area contributed by atoms with E-state index in [1.807, 2.05) is 31.4 Å². The van der Waals surface area contributed by atoms with Crippen molar-refractivity contribution < 1.29 is 4.79 Å². The normalized spacial score (nSPS) is 12.3. The predicted octanol–water partition coefficient (Wildman–Crippen LogP) is 3.36. The summed E-state index contributed by atoms with van der Waals surface area (Å²) in [5, 5.41) is 9.82. The van der Waals surface area contributed by atoms with Crippen LogP contribution in [-0.4, -0.2) is 45.2 Å². The van der Waals surface area contributed by atoms with E-state index in [-0.39, 0.29) is 11.9 Å². The monoisotopic (exact) mass is 383 g/mol. The van der Waals surface area contributed by atoms with Crippen molar-refractivity contribution in [2.75, 3.05) is 19.6 Å². The topological polar surface area (TPSA) is 63.1 Å². The van der Waals surface area contributed by atoms with E-state index in [2.05, 4.69) is 46.3 Å². The first-order chi connectivity index (χ1) is 13.1. The number of benzene rings is 1. The van der Waals surface area contributed by atoms with Crippen LogP contribution in [0.3, 0.4) is 0 Å². The Labute approximate surface area is 163 Å². The molecule has 1 amide bonds. The van der Waals surface area contributed by atoms with Crippen LogP contribution in [0.5, 0.6) is 0 Å². The number of aromatic nitrogens is 3. The van der Waals surface area contributed by atoms with Crippen LogP contribution < -0.4 is 5.32 Å². The second-order valence-electron chi connectivity index (χ2n) is 6.30. The van der Waals surface area contributed by atoms with Gasteiger partial charge in [-0.05, 0) is 18.7 Å². The lowest BCUT2D eigenvalue weighted by Gasteiger charge is -2.30. The molecule has 0 saturated heterocycles. The van der Waals surface area contributed by atoms with E-state index in [0.717, 1.165) is 23.7 Å². The molecule has 0 fully saturated rings. The first-order valence-corrected chi connectivity index (χ1v) is 10.0. The highest BCUT2D eigenvalue weighted by atomic mass is 32.1. The summed E-state index contributed by atoms with van der Waals surface area (Å²) < 4.78 is 1.73. The number of carbonyl (C=O) groups excluding carboxylic acids is 1. The van der Waals surface area contributed by atoms with Crippen molar-refractivity contribution in [3.05, 3.63) is 59.4 Å². The summed E-state index contributed by atoms with van der Waals surface area (Å²) in [5.41, 5.74) is 2.58. The van der Waals surface area contributed by atoms with Gasteiger partial charge < -0.3 is 5.32 Å². The highest BCUT2D eigenvalue weighted by molar-refractivity contribution is 7.13. The molecule has 2 heterocycles. The number of rotatable bonds is 8. The number of aryl methyl sites for hydroxylation is 1. The molecular weight excluding hydrogens is 358 g/mol. The minimum Gasteiger partial charge on any atom is -0.349 e. The van der Waals surface area contributed by atoms with Crippen LogP contribution in [0.1, 0.15) is 35.9 Å². The van der Waals surface area contributed by atoms with Crippen LogP contribution in [0.4, 0.5) is 0 Å². The Balaban J connectivity index is 1.70. The molecule has 6 nitrogen and oxygen atoms in total. The number of thiazole rings is 1. The van der Waals surface area contributed by atoms with Gasteiger partial charge >= 0.3 is 0 Å². The third-order valence-electron chi connectivity index (χ3n) is 4.58. The molecule has 0 radical (unpaired) electrons. The molecule has 1 unspecified atom stereocenters. The highest BCUT2D eigenvalue weighted by Gasteiger charge is 2.20. The zero-order valence-corrected chi connectivity index (χ0v) is 16.7. The minimum atomic E-state index is -0.144. The Hall–Kier alpha value is -2.51. The van der Waals surface area contributed by atoms with Crippen molar-refractivity contribution in [1.29, 1.82) is 0 Å². The molecule has 3 aromatic rings. The molecule has 0 spiro atoms. The Bertz CT molecular complexity index is 869. The molecule has 1 N–H and O–H groups in total. The summed E-state index contributed by atoms with van der Waals surface area (Å²) in [6.45, 7) is 6.68. The van der Waals surface area contributed by atoms with E-state index in [1.165, 1.54) is 16.9 Å². The SMILES string of the molecule is CCN(CC)C(CNC(=O)c1csc(-c2cnn(C)c2)n1)c1ccccc1. The van der Waals surface area contributed by atoms with Gasteiger partial charge in [0.25, 0.3) is 5.91 Å². The third-order valence-corrected chi connectivity index (χ3v) is 5.47. The van der Waals surface area contributed by atoms with Gasteiger partial charge in [0, 0.05) is 30.7 Å². The fraction of sp³-hybridized carbons (Fsp3) is 0.350. The van der Waals surface area contributed by atoms with Gasteiger partial charge in [0.15, 0.2) is 0 Å². The van der Waals surface area contributed by atoms with Gasteiger partial charge in [0.2, 0.25) is 0 Å². The fourth-order valence-corrected chi connectivity index (χ4v) is 3.90. The van der Waals surface area contributed by atoms with Crippen LogP contribution in [0.15, 0.2) is 48.1 Å². The molecule has 1 atom stereocenters. The zero-order chi connectivity index (χ0) is 19.2. The van der Waals surface area contributed by atoms with Crippen molar-refractivity contribution in [1.82, 2.24) is 25.0 Å². The second kappa shape index (κ2) is 8.92. The summed E-state index contributed by atoms with van der Waals surface area (Å²) in [4.78, 5) is 19.4. The third kappa shape index (κ3) is 4.61. The maximum absolute atomic E-state index is 12.6. The van der Waals surface area contributed by atoms with Crippen LogP contribution in [0.2, 0.25) is 0 Å². The second-order valence-corrected chi connectivity index (χ2v) is 7.16. The van der Waals surface area contributed by atoms with Crippen LogP contribution in [0.25, 0.3) is 10.6 Å². The molecule has 3 rings (SSSR count). The molecule has 0 saturated carbocycles. The summed E-state index contributed by atoms with van der Waals surface area (Å²) in [6.07, 6.45) is 3.65. The van der Waals surface area contributed by atoms with E-state index < -0.39 is 0 Å². The van der Waals surface area contributed by atoms with Crippen LogP contribution in [-0.2, 0) is 7.05 Å². The van der Waals surface area contributed by atoms with Crippen molar-refractivity contribution in [3.63, 3.8) is 0 Å². The number of carbonyl (C=O) groups is 1. The number of likely N-dealkylation sites (N-methyl/N-ethyl adjacent to an activating group) is 1. The number of hydrogen-bond donors (Lipinski definition) is 1. The van der Waals surface area contributed by atoms with Gasteiger partial charge in [0.05, 0.1) is 12.2 Å². The average molecular weight is 384 g/mol. The Morgan fingerprint density at radius 3 is 2.63 bits per heavy atom. The van der Waals surface area contributed by atoms with E-state index in [1.54, 1.807) is 16.3 Å². The predicted molar refractivity (Wildman–Crippen MR) is 109 cm³/mol. The lowest BCUT2D eigenvalue weighted by molar-refractivity contribution is 0.0930. The number of hydrogen-bond acceptors (Lipinski definition) is 5. The van der Waals surface area contributed by atoms with Gasteiger partial charge in [-0.1, -0.05) is 44.2 Å². The largest absolute Gasteiger partial charge is 0.349 e. The Morgan fingerprint density at radius 2 is 2.00 bits per heavy atom. The summed E-state index contributed by atoms with van der Waals surface area (Å²) in [5.74, 6) is -0.144. The van der Waals surface area contributed by atoms with Gasteiger partial charge in [-0.25, -0.2) is 4.98 Å². The molecule has 7 heteroatoms. The smallest absolute Gasteiger partial charge is 0.270 e. The lowest BCUT2D eigenvalue weighted by Crippen LogP contribution is -2.38. The van der Waals surface area contributed by atoms with Gasteiger partial charge in [-0.2, -0.15) is 5.10 Å². The maximum Gasteiger partial charge on any atom is 0.270 e. The van der Waals surface area contributed by atoms with Crippen molar-refractivity contribution in [2.45, 2.75) is 19.9 Å². The van der Waals surface area contributed by atoms with E-state index in [0.29, 0.717) is 12.2 Å². The zero-order valence-electron chi connectivity index (χ0n) is 15.9. The van der Waals surface area contributed by atoms with Crippen molar-refractivity contribution in [3.8, 4) is 10.6 Å². The quantitative estimate of drug-likeness (QED) is 0.648. The molecule has 1 aromatic carbocycles. The van der Waals surface area contributed by atoms with Gasteiger partial charge in [-0.15, -0.1) is 11.3 Å². The molecular formula is C20H25N5OS. The van der Waals surface area contributed by atoms with E-state index in [4.69, 9.17) is 0 Å². The minimum absolute atomic E-state index is 0.140. The van der Waals surface area contributed by atoms with Gasteiger partial charge in [0.1, 0.15) is 10.7 Å². The van der Waals surface area contributed by atoms with Gasteiger partial charge in [-0.3, -0.25) is 14.4 Å². The van der Waals surface area contributed by atoms with Crippen molar-refractivity contribution in [2.24, 2.45) is 7.05 Å². The van der Waals surface area contributed by atoms with E-state index in [9.17, 15) is 4.79 Å². The Morgan fingerprint density at radius 1 is 1.26 bits per heavy atom. The first-order valence-electron chi connectivity index (χ1n) is 9.14. The highest BCUT2D eigenvalue weighted by Crippen LogP contribution is 2.23. The molecule has 142 valence electrons. The van der Waals surface area contributed by atoms with E-state index >= 15 is 0 Å². The number of amides is 1. The van der Waals surface area contributed by atoms with Crippen LogP contribution in [0, 0.1) is 0 Å². The Kier molecular flexibility index (Phi) is 6.36. The standard InChI is InChI=1S/C20H25N5OS/c1-4-25(5-2)18(15-9-7-6-8-10-15)12-21-19(26)17-14-27-20(23-17)16-11-22-24(3)13-16/h6-11,13-14,18H,4-5,12H2,1-3H3,(H,21,26). The fourth-order valence-electron chi connectivity index (χ4n) is 3.12. The molecule has 0 aliphatic rings. The lowest BCUT2D eigenvalue weighted by atomic mass is 10.1. The molecule has 2 aromatic heterocycles.